The number of para-hydroxylation sites is 1. The molecule has 3 aromatic rings. The van der Waals surface area contributed by atoms with Crippen LogP contribution in [-0.2, 0) is 0 Å². The van der Waals surface area contributed by atoms with Crippen LogP contribution in [0.25, 0.3) is 0 Å². The van der Waals surface area contributed by atoms with Crippen molar-refractivity contribution >= 4 is 17.3 Å². The van der Waals surface area contributed by atoms with Gasteiger partial charge >= 0.3 is 0 Å². The number of carbonyl (C=O) groups excluding carboxylic acids is 1. The van der Waals surface area contributed by atoms with Crippen LogP contribution in [0.2, 0.25) is 0 Å². The number of nitrogens with zero attached hydrogens (tertiary/aromatic N) is 1. The van der Waals surface area contributed by atoms with Gasteiger partial charge in [0.1, 0.15) is 18.1 Å². The fraction of sp³-hybridized carbons (Fsp3) is 0.269. The van der Waals surface area contributed by atoms with Gasteiger partial charge < -0.3 is 25.3 Å². The van der Waals surface area contributed by atoms with Crippen molar-refractivity contribution < 1.29 is 19.0 Å². The molecular weight excluding hydrogens is 418 g/mol. The van der Waals surface area contributed by atoms with Crippen LogP contribution < -0.4 is 25.3 Å². The molecule has 0 aliphatic carbocycles. The van der Waals surface area contributed by atoms with E-state index in [4.69, 9.17) is 19.9 Å². The van der Waals surface area contributed by atoms with Gasteiger partial charge in [0, 0.05) is 24.0 Å². The standard InChI is InChI=1S/C26H29N3O4/c1-31-25-17-19(9-12-24(25)32-16-15-29-13-5-6-14-29)28-26(30)22-18-21(10-11-23(22)27)33-20-7-3-2-4-8-20/h2-4,7-12,17-18H,5-6,13-16,27H2,1H3,(H,28,30). The summed E-state index contributed by atoms with van der Waals surface area (Å²) in [6, 6.07) is 19.7. The quantitative estimate of drug-likeness (QED) is 0.459. The third kappa shape index (κ3) is 5.96. The summed E-state index contributed by atoms with van der Waals surface area (Å²) in [7, 11) is 1.58. The predicted octanol–water partition coefficient (Wildman–Crippen LogP) is 4.80. The van der Waals surface area contributed by atoms with Gasteiger partial charge in [0.2, 0.25) is 0 Å². The van der Waals surface area contributed by atoms with Gasteiger partial charge in [0.25, 0.3) is 5.91 Å². The van der Waals surface area contributed by atoms with Crippen molar-refractivity contribution in [1.29, 1.82) is 0 Å². The van der Waals surface area contributed by atoms with Crippen LogP contribution in [-0.4, -0.2) is 44.2 Å². The van der Waals surface area contributed by atoms with E-state index in [2.05, 4.69) is 10.2 Å². The number of nitrogen functional groups attached to an aromatic ring is 1. The molecule has 1 saturated heterocycles. The number of ether oxygens (including phenoxy) is 3. The molecule has 0 bridgehead atoms. The number of carbonyl (C=O) groups is 1. The summed E-state index contributed by atoms with van der Waals surface area (Å²) in [5.74, 6) is 2.07. The van der Waals surface area contributed by atoms with E-state index in [9.17, 15) is 4.79 Å². The first-order valence-electron chi connectivity index (χ1n) is 11.1. The van der Waals surface area contributed by atoms with Gasteiger partial charge in [-0.15, -0.1) is 0 Å². The van der Waals surface area contributed by atoms with E-state index in [1.165, 1.54) is 12.8 Å². The lowest BCUT2D eigenvalue weighted by atomic mass is 10.1. The number of nitrogens with one attached hydrogen (secondary N) is 1. The topological polar surface area (TPSA) is 86.0 Å². The monoisotopic (exact) mass is 447 g/mol. The fourth-order valence-corrected chi connectivity index (χ4v) is 3.77. The molecule has 33 heavy (non-hydrogen) atoms. The van der Waals surface area contributed by atoms with Gasteiger partial charge in [-0.25, -0.2) is 0 Å². The molecule has 0 aromatic heterocycles. The molecule has 0 radical (unpaired) electrons. The van der Waals surface area contributed by atoms with Crippen LogP contribution >= 0.6 is 0 Å². The van der Waals surface area contributed by atoms with Crippen molar-refractivity contribution in [1.82, 2.24) is 4.90 Å². The Bertz CT molecular complexity index is 1080. The first kappa shape index (κ1) is 22.5. The van der Waals surface area contributed by atoms with Gasteiger partial charge in [0.05, 0.1) is 12.7 Å². The summed E-state index contributed by atoms with van der Waals surface area (Å²) in [6.07, 6.45) is 2.51. The largest absolute Gasteiger partial charge is 0.493 e. The third-order valence-corrected chi connectivity index (χ3v) is 5.53. The Kier molecular flexibility index (Phi) is 7.32. The SMILES string of the molecule is COc1cc(NC(=O)c2cc(Oc3ccccc3)ccc2N)ccc1OCCN1CCCC1. The summed E-state index contributed by atoms with van der Waals surface area (Å²) in [5.41, 5.74) is 7.33. The average molecular weight is 448 g/mol. The first-order valence-corrected chi connectivity index (χ1v) is 11.1. The van der Waals surface area contributed by atoms with E-state index in [0.29, 0.717) is 46.5 Å². The second-order valence-electron chi connectivity index (χ2n) is 7.88. The third-order valence-electron chi connectivity index (χ3n) is 5.53. The molecule has 1 amide bonds. The molecule has 1 fully saturated rings. The molecule has 3 N–H and O–H groups in total. The summed E-state index contributed by atoms with van der Waals surface area (Å²) >= 11 is 0. The van der Waals surface area contributed by atoms with E-state index < -0.39 is 0 Å². The Morgan fingerprint density at radius 2 is 1.76 bits per heavy atom. The zero-order valence-corrected chi connectivity index (χ0v) is 18.8. The minimum absolute atomic E-state index is 0.327. The van der Waals surface area contributed by atoms with Gasteiger partial charge in [-0.1, -0.05) is 18.2 Å². The lowest BCUT2D eigenvalue weighted by Crippen LogP contribution is -2.25. The number of likely N-dealkylation sites (tertiary alicyclic amines) is 1. The summed E-state index contributed by atoms with van der Waals surface area (Å²) in [5, 5.41) is 2.87. The Hall–Kier alpha value is -3.71. The molecule has 1 aliphatic rings. The number of rotatable bonds is 9. The number of nitrogens with two attached hydrogens (primary N) is 1. The minimum Gasteiger partial charge on any atom is -0.493 e. The molecule has 0 spiro atoms. The van der Waals surface area contributed by atoms with E-state index >= 15 is 0 Å². The van der Waals surface area contributed by atoms with Crippen molar-refractivity contribution in [2.75, 3.05) is 44.4 Å². The summed E-state index contributed by atoms with van der Waals surface area (Å²) in [4.78, 5) is 15.3. The number of amides is 1. The normalized spacial score (nSPS) is 13.5. The van der Waals surface area contributed by atoms with Crippen molar-refractivity contribution in [3.05, 3.63) is 72.3 Å². The van der Waals surface area contributed by atoms with Crippen molar-refractivity contribution in [2.45, 2.75) is 12.8 Å². The highest BCUT2D eigenvalue weighted by atomic mass is 16.5. The van der Waals surface area contributed by atoms with Crippen LogP contribution in [0.15, 0.2) is 66.7 Å². The Morgan fingerprint density at radius 3 is 2.52 bits per heavy atom. The van der Waals surface area contributed by atoms with Gasteiger partial charge in [-0.05, 0) is 68.4 Å². The maximum absolute atomic E-state index is 12.9. The molecule has 7 heteroatoms. The Labute approximate surface area is 194 Å². The molecule has 0 unspecified atom stereocenters. The van der Waals surface area contributed by atoms with Crippen molar-refractivity contribution in [3.8, 4) is 23.0 Å². The Morgan fingerprint density at radius 1 is 0.970 bits per heavy atom. The smallest absolute Gasteiger partial charge is 0.257 e. The number of hydrogen-bond donors (Lipinski definition) is 2. The summed E-state index contributed by atoms with van der Waals surface area (Å²) in [6.45, 7) is 3.74. The van der Waals surface area contributed by atoms with Gasteiger partial charge in [0.15, 0.2) is 11.5 Å². The lowest BCUT2D eigenvalue weighted by Gasteiger charge is -2.17. The van der Waals surface area contributed by atoms with E-state index in [1.54, 1.807) is 43.5 Å². The van der Waals surface area contributed by atoms with Crippen LogP contribution in [0.3, 0.4) is 0 Å². The van der Waals surface area contributed by atoms with Crippen LogP contribution in [0.1, 0.15) is 23.2 Å². The predicted molar refractivity (Wildman–Crippen MR) is 129 cm³/mol. The van der Waals surface area contributed by atoms with Crippen LogP contribution in [0, 0.1) is 0 Å². The molecule has 0 saturated carbocycles. The van der Waals surface area contributed by atoms with Gasteiger partial charge in [-0.2, -0.15) is 0 Å². The number of anilines is 2. The second kappa shape index (κ2) is 10.7. The molecule has 1 heterocycles. The lowest BCUT2D eigenvalue weighted by molar-refractivity contribution is 0.102. The van der Waals surface area contributed by atoms with E-state index in [0.717, 1.165) is 19.6 Å². The first-order chi connectivity index (χ1) is 16.1. The number of methoxy groups -OCH3 is 1. The highest BCUT2D eigenvalue weighted by Crippen LogP contribution is 2.31. The molecule has 172 valence electrons. The van der Waals surface area contributed by atoms with Crippen molar-refractivity contribution in [2.24, 2.45) is 0 Å². The van der Waals surface area contributed by atoms with Crippen LogP contribution in [0.4, 0.5) is 11.4 Å². The molecule has 3 aromatic carbocycles. The van der Waals surface area contributed by atoms with E-state index in [1.807, 2.05) is 30.3 Å². The molecule has 7 nitrogen and oxygen atoms in total. The number of hydrogen-bond acceptors (Lipinski definition) is 6. The summed E-state index contributed by atoms with van der Waals surface area (Å²) < 4.78 is 17.2. The highest BCUT2D eigenvalue weighted by molar-refractivity contribution is 6.08. The fourth-order valence-electron chi connectivity index (χ4n) is 3.77. The molecule has 0 atom stereocenters. The van der Waals surface area contributed by atoms with Gasteiger partial charge in [-0.3, -0.25) is 9.69 Å². The molecule has 1 aliphatic heterocycles. The van der Waals surface area contributed by atoms with Crippen molar-refractivity contribution in [3.63, 3.8) is 0 Å². The zero-order chi connectivity index (χ0) is 23.0. The van der Waals surface area contributed by atoms with E-state index in [-0.39, 0.29) is 5.91 Å². The maximum Gasteiger partial charge on any atom is 0.257 e. The maximum atomic E-state index is 12.9. The minimum atomic E-state index is -0.337. The Balaban J connectivity index is 1.41. The average Bonchev–Trinajstić information content (AvgIpc) is 3.35. The van der Waals surface area contributed by atoms with Crippen LogP contribution in [0.5, 0.6) is 23.0 Å². The molecule has 4 rings (SSSR count). The molecular formula is C26H29N3O4. The zero-order valence-electron chi connectivity index (χ0n) is 18.8. The number of benzene rings is 3. The highest BCUT2D eigenvalue weighted by Gasteiger charge is 2.15. The second-order valence-corrected chi connectivity index (χ2v) is 7.88.